The first-order chi connectivity index (χ1) is 12.7. The van der Waals surface area contributed by atoms with Crippen LogP contribution in [0.1, 0.15) is 16.2 Å². The number of methoxy groups -OCH3 is 2. The van der Waals surface area contributed by atoms with Gasteiger partial charge in [0.2, 0.25) is 0 Å². The molecule has 1 aromatic carbocycles. The third-order valence-electron chi connectivity index (χ3n) is 3.97. The lowest BCUT2D eigenvalue weighted by atomic mass is 10.2. The second kappa shape index (κ2) is 8.35. The van der Waals surface area contributed by atoms with Crippen molar-refractivity contribution in [3.63, 3.8) is 0 Å². The van der Waals surface area contributed by atoms with Gasteiger partial charge in [-0.1, -0.05) is 0 Å². The Hall–Kier alpha value is -3.06. The summed E-state index contributed by atoms with van der Waals surface area (Å²) in [5, 5.41) is 2.85. The van der Waals surface area contributed by atoms with E-state index in [9.17, 15) is 4.79 Å². The van der Waals surface area contributed by atoms with Gasteiger partial charge in [-0.05, 0) is 36.4 Å². The Labute approximate surface area is 151 Å². The molecular formula is C19H21N3O4. The van der Waals surface area contributed by atoms with Gasteiger partial charge in [0.25, 0.3) is 5.91 Å². The molecule has 1 amide bonds. The van der Waals surface area contributed by atoms with Crippen molar-refractivity contribution in [3.8, 4) is 17.1 Å². The summed E-state index contributed by atoms with van der Waals surface area (Å²) in [7, 11) is 3.27. The average Bonchev–Trinajstić information content (AvgIpc) is 3.34. The molecule has 7 nitrogen and oxygen atoms in total. The zero-order chi connectivity index (χ0) is 18.4. The molecule has 0 aliphatic heterocycles. The van der Waals surface area contributed by atoms with E-state index in [1.165, 1.54) is 0 Å². The van der Waals surface area contributed by atoms with Crippen LogP contribution in [0.5, 0.6) is 5.75 Å². The predicted octanol–water partition coefficient (Wildman–Crippen LogP) is 2.73. The Morgan fingerprint density at radius 3 is 2.73 bits per heavy atom. The van der Waals surface area contributed by atoms with E-state index in [4.69, 9.17) is 13.9 Å². The highest BCUT2D eigenvalue weighted by Gasteiger charge is 2.13. The number of aromatic nitrogens is 2. The van der Waals surface area contributed by atoms with E-state index in [-0.39, 0.29) is 11.7 Å². The smallest absolute Gasteiger partial charge is 0.287 e. The largest absolute Gasteiger partial charge is 0.497 e. The Morgan fingerprint density at radius 2 is 2.00 bits per heavy atom. The van der Waals surface area contributed by atoms with Crippen LogP contribution in [0.15, 0.2) is 53.3 Å². The predicted molar refractivity (Wildman–Crippen MR) is 96.0 cm³/mol. The first-order valence-corrected chi connectivity index (χ1v) is 8.21. The Balaban J connectivity index is 1.62. The second-order valence-electron chi connectivity index (χ2n) is 5.65. The van der Waals surface area contributed by atoms with Gasteiger partial charge in [0.1, 0.15) is 11.5 Å². The third kappa shape index (κ3) is 4.12. The highest BCUT2D eigenvalue weighted by molar-refractivity contribution is 5.92. The van der Waals surface area contributed by atoms with Gasteiger partial charge in [0.15, 0.2) is 5.76 Å². The maximum absolute atomic E-state index is 12.3. The molecule has 0 aliphatic rings. The molecule has 0 aliphatic carbocycles. The second-order valence-corrected chi connectivity index (χ2v) is 5.65. The molecule has 136 valence electrons. The molecule has 2 aromatic heterocycles. The van der Waals surface area contributed by atoms with Gasteiger partial charge < -0.3 is 23.8 Å². The molecule has 26 heavy (non-hydrogen) atoms. The summed E-state index contributed by atoms with van der Waals surface area (Å²) < 4.78 is 17.8. The quantitative estimate of drug-likeness (QED) is 0.672. The summed E-state index contributed by atoms with van der Waals surface area (Å²) in [5.41, 5.74) is 1.78. The monoisotopic (exact) mass is 355 g/mol. The average molecular weight is 355 g/mol. The Bertz CT molecular complexity index is 852. The molecule has 7 heteroatoms. The molecule has 0 spiro atoms. The number of imidazole rings is 1. The van der Waals surface area contributed by atoms with Crippen LogP contribution in [0.25, 0.3) is 11.3 Å². The van der Waals surface area contributed by atoms with Gasteiger partial charge in [-0.2, -0.15) is 0 Å². The highest BCUT2D eigenvalue weighted by Crippen LogP contribution is 2.24. The zero-order valence-corrected chi connectivity index (χ0v) is 14.8. The van der Waals surface area contributed by atoms with Crippen LogP contribution in [0.4, 0.5) is 0 Å². The van der Waals surface area contributed by atoms with Crippen molar-refractivity contribution in [2.45, 2.75) is 13.1 Å². The van der Waals surface area contributed by atoms with Crippen LogP contribution in [0.2, 0.25) is 0 Å². The van der Waals surface area contributed by atoms with Gasteiger partial charge >= 0.3 is 0 Å². The summed E-state index contributed by atoms with van der Waals surface area (Å²) in [5.74, 6) is 1.38. The number of ether oxygens (including phenoxy) is 2. The van der Waals surface area contributed by atoms with E-state index in [2.05, 4.69) is 10.3 Å². The van der Waals surface area contributed by atoms with E-state index < -0.39 is 0 Å². The normalized spacial score (nSPS) is 10.7. The van der Waals surface area contributed by atoms with Crippen LogP contribution < -0.4 is 10.1 Å². The summed E-state index contributed by atoms with van der Waals surface area (Å²) in [6.45, 7) is 1.63. The Kier molecular flexibility index (Phi) is 5.70. The van der Waals surface area contributed by atoms with Crippen LogP contribution in [0.3, 0.4) is 0 Å². The minimum atomic E-state index is -0.274. The van der Waals surface area contributed by atoms with Crippen LogP contribution >= 0.6 is 0 Å². The molecule has 3 rings (SSSR count). The lowest BCUT2D eigenvalue weighted by Crippen LogP contribution is -2.24. The molecule has 0 saturated heterocycles. The van der Waals surface area contributed by atoms with E-state index in [0.29, 0.717) is 25.5 Å². The fourth-order valence-electron chi connectivity index (χ4n) is 2.51. The molecule has 0 radical (unpaired) electrons. The topological polar surface area (TPSA) is 78.5 Å². The van der Waals surface area contributed by atoms with Crippen molar-refractivity contribution in [2.75, 3.05) is 20.8 Å². The lowest BCUT2D eigenvalue weighted by molar-refractivity contribution is 0.0923. The number of nitrogens with one attached hydrogen (secondary N) is 1. The van der Waals surface area contributed by atoms with Gasteiger partial charge in [0.05, 0.1) is 32.3 Å². The first-order valence-electron chi connectivity index (χ1n) is 8.21. The number of furan rings is 1. The van der Waals surface area contributed by atoms with Crippen molar-refractivity contribution in [1.82, 2.24) is 14.9 Å². The van der Waals surface area contributed by atoms with Gasteiger partial charge in [-0.15, -0.1) is 0 Å². The van der Waals surface area contributed by atoms with Crippen molar-refractivity contribution < 1.29 is 18.7 Å². The fourth-order valence-corrected chi connectivity index (χ4v) is 2.51. The van der Waals surface area contributed by atoms with Gasteiger partial charge in [0, 0.05) is 25.4 Å². The van der Waals surface area contributed by atoms with Crippen LogP contribution in [0, 0.1) is 0 Å². The van der Waals surface area contributed by atoms with Crippen LogP contribution in [-0.4, -0.2) is 36.3 Å². The molecule has 0 fully saturated rings. The fraction of sp³-hybridized carbons (Fsp3) is 0.263. The number of rotatable bonds is 8. The van der Waals surface area contributed by atoms with Crippen molar-refractivity contribution in [1.29, 1.82) is 0 Å². The number of carbonyl (C=O) groups excluding carboxylic acids is 1. The van der Waals surface area contributed by atoms with Crippen molar-refractivity contribution in [2.24, 2.45) is 0 Å². The molecule has 0 atom stereocenters. The first kappa shape index (κ1) is 17.8. The number of benzene rings is 1. The maximum Gasteiger partial charge on any atom is 0.287 e. The minimum Gasteiger partial charge on any atom is -0.497 e. The number of nitrogens with zero attached hydrogens (tertiary/aromatic N) is 2. The third-order valence-corrected chi connectivity index (χ3v) is 3.97. The van der Waals surface area contributed by atoms with Gasteiger partial charge in [-0.3, -0.25) is 4.79 Å². The minimum absolute atomic E-state index is 0.263. The summed E-state index contributed by atoms with van der Waals surface area (Å²) in [6.07, 6.45) is 3.44. The molecule has 0 saturated carbocycles. The summed E-state index contributed by atoms with van der Waals surface area (Å²) in [4.78, 5) is 16.4. The standard InChI is InChI=1S/C19H21N3O4/c1-24-10-9-22-13-20-11-15(22)12-21-19(23)18-8-7-17(26-18)14-3-5-16(25-2)6-4-14/h3-8,11,13H,9-10,12H2,1-2H3,(H,21,23). The highest BCUT2D eigenvalue weighted by atomic mass is 16.5. The van der Waals surface area contributed by atoms with Crippen LogP contribution in [-0.2, 0) is 17.8 Å². The van der Waals surface area contributed by atoms with Gasteiger partial charge in [-0.25, -0.2) is 4.98 Å². The number of carbonyl (C=O) groups is 1. The zero-order valence-electron chi connectivity index (χ0n) is 14.8. The molecule has 0 unspecified atom stereocenters. The molecule has 1 N–H and O–H groups in total. The Morgan fingerprint density at radius 1 is 1.19 bits per heavy atom. The number of hydrogen-bond donors (Lipinski definition) is 1. The number of hydrogen-bond acceptors (Lipinski definition) is 5. The molecule has 3 aromatic rings. The van der Waals surface area contributed by atoms with Crippen molar-refractivity contribution in [3.05, 3.63) is 60.4 Å². The van der Waals surface area contributed by atoms with Crippen molar-refractivity contribution >= 4 is 5.91 Å². The lowest BCUT2D eigenvalue weighted by Gasteiger charge is -2.08. The molecule has 0 bridgehead atoms. The van der Waals surface area contributed by atoms with E-state index in [0.717, 1.165) is 17.0 Å². The molecular weight excluding hydrogens is 334 g/mol. The van der Waals surface area contributed by atoms with E-state index in [1.54, 1.807) is 38.9 Å². The van der Waals surface area contributed by atoms with E-state index >= 15 is 0 Å². The summed E-state index contributed by atoms with van der Waals surface area (Å²) >= 11 is 0. The van der Waals surface area contributed by atoms with E-state index in [1.807, 2.05) is 28.8 Å². The summed E-state index contributed by atoms with van der Waals surface area (Å²) in [6, 6.07) is 10.9. The molecule has 2 heterocycles. The number of amides is 1. The SMILES string of the molecule is COCCn1cncc1CNC(=O)c1ccc(-c2ccc(OC)cc2)o1. The maximum atomic E-state index is 12.3.